The molecular formula is C30H21NO18. The molecule has 0 aliphatic heterocycles. The Morgan fingerprint density at radius 2 is 0.653 bits per heavy atom. The number of carboxylic acid groups (broad SMARTS) is 3. The summed E-state index contributed by atoms with van der Waals surface area (Å²) in [6.07, 6.45) is 0. The van der Waals surface area contributed by atoms with Crippen molar-refractivity contribution in [2.24, 2.45) is 0 Å². The van der Waals surface area contributed by atoms with Gasteiger partial charge in [0.15, 0.2) is 51.7 Å². The molecule has 0 bridgehead atoms. The molecule has 254 valence electrons. The second-order valence-corrected chi connectivity index (χ2v) is 9.48. The fourth-order valence-electron chi connectivity index (χ4n) is 3.99. The summed E-state index contributed by atoms with van der Waals surface area (Å²) >= 11 is 0. The summed E-state index contributed by atoms with van der Waals surface area (Å²) in [6, 6.07) is 6.94. The monoisotopic (exact) mass is 683 g/mol. The molecule has 0 saturated carbocycles. The van der Waals surface area contributed by atoms with Gasteiger partial charge >= 0.3 is 17.9 Å². The number of phenolic OH excluding ortho intramolecular Hbond substituents is 9. The molecule has 0 spiro atoms. The van der Waals surface area contributed by atoms with Gasteiger partial charge in [-0.05, 0) is 48.5 Å². The maximum Gasteiger partial charge on any atom is 0.337 e. The van der Waals surface area contributed by atoms with E-state index in [1.54, 1.807) is 0 Å². The van der Waals surface area contributed by atoms with Crippen LogP contribution in [0.4, 0.5) is 0 Å². The van der Waals surface area contributed by atoms with Gasteiger partial charge in [0.05, 0.1) is 16.7 Å². The van der Waals surface area contributed by atoms with Gasteiger partial charge in [0, 0.05) is 16.7 Å². The standard InChI is InChI=1S/C21H15NO12.C9H6O6/c23-10-1-7(2-11(24)16(10)29)19(32)22(20(33)8-3-12(25)17(30)13(26)4-8)21(34)9-5-14(27)18(31)15(28)6-9;10-7(11)4-2-1-3-5(8(12)13)6(4)9(14)15/h1-6,23-31H;1-3H,(H,10,11)(H,12,13)(H,14,15). The Bertz CT molecular complexity index is 1800. The third-order valence-corrected chi connectivity index (χ3v) is 6.30. The van der Waals surface area contributed by atoms with Gasteiger partial charge in [-0.25, -0.2) is 19.3 Å². The largest absolute Gasteiger partial charge is 0.504 e. The van der Waals surface area contributed by atoms with E-state index in [0.717, 1.165) is 12.1 Å². The number of hydrogen-bond donors (Lipinski definition) is 12. The Morgan fingerprint density at radius 3 is 0.857 bits per heavy atom. The summed E-state index contributed by atoms with van der Waals surface area (Å²) in [5, 5.41) is 113. The quantitative estimate of drug-likeness (QED) is 0.102. The van der Waals surface area contributed by atoms with E-state index in [4.69, 9.17) is 15.3 Å². The van der Waals surface area contributed by atoms with Crippen LogP contribution in [0.3, 0.4) is 0 Å². The lowest BCUT2D eigenvalue weighted by Crippen LogP contribution is -2.42. The highest BCUT2D eigenvalue weighted by atomic mass is 16.4. The molecule has 0 atom stereocenters. The highest BCUT2D eigenvalue weighted by molar-refractivity contribution is 6.24. The first-order valence-corrected chi connectivity index (χ1v) is 12.8. The zero-order valence-electron chi connectivity index (χ0n) is 24.0. The van der Waals surface area contributed by atoms with Crippen molar-refractivity contribution in [3.8, 4) is 51.7 Å². The first kappa shape index (κ1) is 35.8. The van der Waals surface area contributed by atoms with Crippen LogP contribution in [0.25, 0.3) is 0 Å². The van der Waals surface area contributed by atoms with Crippen molar-refractivity contribution in [2.45, 2.75) is 0 Å². The van der Waals surface area contributed by atoms with Crippen molar-refractivity contribution in [3.05, 3.63) is 88.0 Å². The molecule has 0 fully saturated rings. The molecule has 0 heterocycles. The van der Waals surface area contributed by atoms with Crippen molar-refractivity contribution < 1.29 is 90.0 Å². The molecule has 4 aromatic rings. The number of carbonyl (C=O) groups excluding carboxylic acids is 3. The number of carbonyl (C=O) groups is 6. The molecule has 19 nitrogen and oxygen atoms in total. The lowest BCUT2D eigenvalue weighted by molar-refractivity contribution is 0.0533. The maximum atomic E-state index is 13.1. The first-order chi connectivity index (χ1) is 22.8. The van der Waals surface area contributed by atoms with Gasteiger partial charge in [-0.2, -0.15) is 0 Å². The van der Waals surface area contributed by atoms with Gasteiger partial charge in [0.1, 0.15) is 0 Å². The van der Waals surface area contributed by atoms with Gasteiger partial charge in [-0.15, -0.1) is 0 Å². The van der Waals surface area contributed by atoms with Gasteiger partial charge in [-0.1, -0.05) is 6.07 Å². The van der Waals surface area contributed by atoms with Crippen LogP contribution in [-0.2, 0) is 0 Å². The Kier molecular flexibility index (Phi) is 10.0. The average Bonchev–Trinajstić information content (AvgIpc) is 3.03. The highest BCUT2D eigenvalue weighted by Gasteiger charge is 2.34. The summed E-state index contributed by atoms with van der Waals surface area (Å²) in [6.45, 7) is 0. The number of aromatic hydroxyl groups is 9. The molecular weight excluding hydrogens is 662 g/mol. The molecule has 0 aromatic heterocycles. The second-order valence-electron chi connectivity index (χ2n) is 9.48. The topological polar surface area (TPSA) is 348 Å². The summed E-state index contributed by atoms with van der Waals surface area (Å²) in [5.41, 5.74) is -3.85. The fourth-order valence-corrected chi connectivity index (χ4v) is 3.99. The zero-order chi connectivity index (χ0) is 37.1. The molecule has 4 rings (SSSR count). The highest BCUT2D eigenvalue weighted by Crippen LogP contribution is 2.39. The van der Waals surface area contributed by atoms with Crippen LogP contribution in [0.5, 0.6) is 51.7 Å². The van der Waals surface area contributed by atoms with Crippen LogP contribution >= 0.6 is 0 Å². The number of carboxylic acids is 3. The Balaban J connectivity index is 0.000000362. The Morgan fingerprint density at radius 1 is 0.408 bits per heavy atom. The van der Waals surface area contributed by atoms with Crippen LogP contribution < -0.4 is 0 Å². The van der Waals surface area contributed by atoms with E-state index < -0.39 is 121 Å². The van der Waals surface area contributed by atoms with Gasteiger partial charge in [-0.3, -0.25) is 14.4 Å². The second kappa shape index (κ2) is 13.7. The molecule has 19 heteroatoms. The van der Waals surface area contributed by atoms with Crippen LogP contribution in [0.1, 0.15) is 62.1 Å². The summed E-state index contributed by atoms with van der Waals surface area (Å²) in [7, 11) is 0. The normalized spacial score (nSPS) is 10.3. The molecule has 0 unspecified atom stereocenters. The van der Waals surface area contributed by atoms with Crippen LogP contribution in [-0.4, -0.2) is 102 Å². The minimum absolute atomic E-state index is 0.109. The maximum absolute atomic E-state index is 13.1. The van der Waals surface area contributed by atoms with Crippen LogP contribution in [0.2, 0.25) is 0 Å². The van der Waals surface area contributed by atoms with Crippen molar-refractivity contribution in [2.75, 3.05) is 0 Å². The summed E-state index contributed by atoms with van der Waals surface area (Å²) in [5.74, 6) is -17.9. The molecule has 0 radical (unpaired) electrons. The molecule has 49 heavy (non-hydrogen) atoms. The van der Waals surface area contributed by atoms with Gasteiger partial charge < -0.3 is 61.3 Å². The summed E-state index contributed by atoms with van der Waals surface area (Å²) < 4.78 is 0. The molecule has 4 aromatic carbocycles. The molecule has 12 N–H and O–H groups in total. The SMILES string of the molecule is O=C(O)c1cccc(C(=O)O)c1C(=O)O.O=C(c1cc(O)c(O)c(O)c1)N(C(=O)c1cc(O)c(O)c(O)c1)C(=O)c1cc(O)c(O)c(O)c1. The minimum Gasteiger partial charge on any atom is -0.504 e. The number of nitrogens with zero attached hydrogens (tertiary/aromatic N) is 1. The van der Waals surface area contributed by atoms with Crippen molar-refractivity contribution in [3.63, 3.8) is 0 Å². The third-order valence-electron chi connectivity index (χ3n) is 6.30. The van der Waals surface area contributed by atoms with E-state index in [0.29, 0.717) is 36.4 Å². The number of aromatic carboxylic acids is 3. The van der Waals surface area contributed by atoms with E-state index in [9.17, 15) is 74.7 Å². The van der Waals surface area contributed by atoms with Crippen molar-refractivity contribution in [1.82, 2.24) is 4.90 Å². The Hall–Kier alpha value is -7.70. The van der Waals surface area contributed by atoms with Crippen LogP contribution in [0.15, 0.2) is 54.6 Å². The average molecular weight is 683 g/mol. The number of amides is 3. The predicted molar refractivity (Wildman–Crippen MR) is 156 cm³/mol. The first-order valence-electron chi connectivity index (χ1n) is 12.8. The Labute approximate surface area is 270 Å². The van der Waals surface area contributed by atoms with E-state index >= 15 is 0 Å². The van der Waals surface area contributed by atoms with Crippen molar-refractivity contribution in [1.29, 1.82) is 0 Å². The zero-order valence-corrected chi connectivity index (χ0v) is 24.0. The number of rotatable bonds is 6. The van der Waals surface area contributed by atoms with Crippen LogP contribution in [0, 0.1) is 0 Å². The number of imide groups is 3. The third kappa shape index (κ3) is 7.25. The number of hydrogen-bond acceptors (Lipinski definition) is 15. The molecule has 0 aliphatic rings. The predicted octanol–water partition coefficient (Wildman–Crippen LogP) is 1.94. The lowest BCUT2D eigenvalue weighted by atomic mass is 10.0. The molecule has 0 saturated heterocycles. The van der Waals surface area contributed by atoms with Gasteiger partial charge in [0.25, 0.3) is 17.7 Å². The number of benzene rings is 4. The minimum atomic E-state index is -1.58. The smallest absolute Gasteiger partial charge is 0.337 e. The molecule has 0 aliphatic carbocycles. The fraction of sp³-hybridized carbons (Fsp3) is 0. The van der Waals surface area contributed by atoms with E-state index in [1.807, 2.05) is 0 Å². The number of phenols is 9. The van der Waals surface area contributed by atoms with E-state index in [-0.39, 0.29) is 4.90 Å². The molecule has 3 amide bonds. The van der Waals surface area contributed by atoms with E-state index in [2.05, 4.69) is 0 Å². The van der Waals surface area contributed by atoms with Crippen molar-refractivity contribution >= 4 is 35.6 Å². The lowest BCUT2D eigenvalue weighted by Gasteiger charge is -2.20. The van der Waals surface area contributed by atoms with Gasteiger partial charge in [0.2, 0.25) is 0 Å². The summed E-state index contributed by atoms with van der Waals surface area (Å²) in [4.78, 5) is 71.2. The van der Waals surface area contributed by atoms with E-state index in [1.165, 1.54) is 6.07 Å².